The molecule has 1 saturated heterocycles. The molecule has 0 atom stereocenters. The molecule has 1 fully saturated rings. The number of aromatic nitrogens is 3. The van der Waals surface area contributed by atoms with E-state index in [-0.39, 0.29) is 24.4 Å². The van der Waals surface area contributed by atoms with Crippen LogP contribution >= 0.6 is 0 Å². The first-order valence-electron chi connectivity index (χ1n) is 7.60. The van der Waals surface area contributed by atoms with E-state index in [2.05, 4.69) is 10.1 Å². The maximum absolute atomic E-state index is 12.8. The molecule has 7 heteroatoms. The second kappa shape index (κ2) is 6.20. The van der Waals surface area contributed by atoms with E-state index in [1.165, 1.54) is 0 Å². The Balaban J connectivity index is 1.84. The number of nitrogens with zero attached hydrogens (tertiary/aromatic N) is 5. The Labute approximate surface area is 134 Å². The molecule has 3 heterocycles. The zero-order valence-corrected chi connectivity index (χ0v) is 13.2. The van der Waals surface area contributed by atoms with E-state index >= 15 is 0 Å². The van der Waals surface area contributed by atoms with E-state index in [0.717, 1.165) is 0 Å². The molecule has 0 aromatic carbocycles. The molecule has 0 bridgehead atoms. The minimum Gasteiger partial charge on any atom is -0.337 e. The van der Waals surface area contributed by atoms with Gasteiger partial charge >= 0.3 is 0 Å². The summed E-state index contributed by atoms with van der Waals surface area (Å²) in [6, 6.07) is 3.60. The summed E-state index contributed by atoms with van der Waals surface area (Å²) in [6.07, 6.45) is 6.58. The van der Waals surface area contributed by atoms with Crippen LogP contribution in [0.2, 0.25) is 0 Å². The van der Waals surface area contributed by atoms with Gasteiger partial charge in [0.2, 0.25) is 5.91 Å². The molecular weight excluding hydrogens is 294 g/mol. The van der Waals surface area contributed by atoms with E-state index in [4.69, 9.17) is 0 Å². The molecule has 1 aliphatic heterocycles. The quantitative estimate of drug-likeness (QED) is 0.846. The highest BCUT2D eigenvalue weighted by Gasteiger charge is 2.30. The van der Waals surface area contributed by atoms with Crippen LogP contribution < -0.4 is 0 Å². The summed E-state index contributed by atoms with van der Waals surface area (Å²) < 4.78 is 1.60. The Morgan fingerprint density at radius 2 is 2.09 bits per heavy atom. The number of piperazine rings is 1. The molecule has 0 unspecified atom stereocenters. The van der Waals surface area contributed by atoms with Gasteiger partial charge in [-0.05, 0) is 26.0 Å². The summed E-state index contributed by atoms with van der Waals surface area (Å²) in [5.41, 5.74) is 1.11. The highest BCUT2D eigenvalue weighted by atomic mass is 16.2. The third-order valence-electron chi connectivity index (χ3n) is 3.95. The lowest BCUT2D eigenvalue weighted by Gasteiger charge is -2.36. The fraction of sp³-hybridized carbons (Fsp3) is 0.375. The van der Waals surface area contributed by atoms with Crippen LogP contribution in [0.1, 0.15) is 24.2 Å². The van der Waals surface area contributed by atoms with Gasteiger partial charge in [-0.1, -0.05) is 0 Å². The van der Waals surface area contributed by atoms with Gasteiger partial charge in [0.1, 0.15) is 6.54 Å². The van der Waals surface area contributed by atoms with Crippen molar-refractivity contribution in [3.8, 4) is 5.69 Å². The summed E-state index contributed by atoms with van der Waals surface area (Å²) in [4.78, 5) is 32.5. The van der Waals surface area contributed by atoms with Crippen LogP contribution in [0.3, 0.4) is 0 Å². The monoisotopic (exact) mass is 313 g/mol. The molecule has 2 aromatic rings. The standard InChI is InChI=1S/C16H19N5O2/c1-12(2)20-9-8-19(11-15(20)22)16(23)13-4-6-17-10-14(13)21-7-3-5-18-21/h3-7,10,12H,8-9,11H2,1-2H3. The van der Waals surface area contributed by atoms with Gasteiger partial charge in [-0.15, -0.1) is 0 Å². The van der Waals surface area contributed by atoms with Gasteiger partial charge in [0.05, 0.1) is 17.4 Å². The lowest BCUT2D eigenvalue weighted by molar-refractivity contribution is -0.136. The van der Waals surface area contributed by atoms with Crippen LogP contribution in [0.4, 0.5) is 0 Å². The Bertz CT molecular complexity index is 711. The number of carbonyl (C=O) groups is 2. The number of hydrogen-bond donors (Lipinski definition) is 0. The molecule has 7 nitrogen and oxygen atoms in total. The summed E-state index contributed by atoms with van der Waals surface area (Å²) in [5.74, 6) is -0.191. The maximum Gasteiger partial charge on any atom is 0.256 e. The van der Waals surface area contributed by atoms with Crippen molar-refractivity contribution in [3.63, 3.8) is 0 Å². The van der Waals surface area contributed by atoms with E-state index < -0.39 is 0 Å². The topological polar surface area (TPSA) is 71.3 Å². The fourth-order valence-electron chi connectivity index (χ4n) is 2.74. The van der Waals surface area contributed by atoms with Crippen molar-refractivity contribution in [2.75, 3.05) is 19.6 Å². The zero-order chi connectivity index (χ0) is 16.4. The Kier molecular flexibility index (Phi) is 4.10. The SMILES string of the molecule is CC(C)N1CCN(C(=O)c2ccncc2-n2cccn2)CC1=O. The van der Waals surface area contributed by atoms with Crippen molar-refractivity contribution in [3.05, 3.63) is 42.5 Å². The number of rotatable bonds is 3. The van der Waals surface area contributed by atoms with Crippen molar-refractivity contribution in [2.24, 2.45) is 0 Å². The number of hydrogen-bond acceptors (Lipinski definition) is 4. The average molecular weight is 313 g/mol. The van der Waals surface area contributed by atoms with Gasteiger partial charge in [-0.25, -0.2) is 4.68 Å². The van der Waals surface area contributed by atoms with Gasteiger partial charge in [-0.2, -0.15) is 5.10 Å². The van der Waals surface area contributed by atoms with E-state index in [0.29, 0.717) is 24.3 Å². The molecule has 23 heavy (non-hydrogen) atoms. The van der Waals surface area contributed by atoms with Gasteiger partial charge < -0.3 is 9.80 Å². The lowest BCUT2D eigenvalue weighted by atomic mass is 10.1. The number of pyridine rings is 1. The fourth-order valence-corrected chi connectivity index (χ4v) is 2.74. The van der Waals surface area contributed by atoms with Gasteiger partial charge in [0.25, 0.3) is 5.91 Å². The normalized spacial score (nSPS) is 15.3. The predicted octanol–water partition coefficient (Wildman–Crippen LogP) is 0.960. The molecule has 1 aliphatic rings. The summed E-state index contributed by atoms with van der Waals surface area (Å²) >= 11 is 0. The molecule has 0 radical (unpaired) electrons. The zero-order valence-electron chi connectivity index (χ0n) is 13.2. The van der Waals surface area contributed by atoms with Crippen molar-refractivity contribution < 1.29 is 9.59 Å². The Morgan fingerprint density at radius 3 is 2.74 bits per heavy atom. The van der Waals surface area contributed by atoms with Crippen molar-refractivity contribution in [1.29, 1.82) is 0 Å². The molecule has 3 rings (SSSR count). The summed E-state index contributed by atoms with van der Waals surface area (Å²) in [7, 11) is 0. The summed E-state index contributed by atoms with van der Waals surface area (Å²) in [6.45, 7) is 5.16. The minimum atomic E-state index is -0.172. The van der Waals surface area contributed by atoms with Gasteiger partial charge in [-0.3, -0.25) is 14.6 Å². The van der Waals surface area contributed by atoms with Crippen LogP contribution in [-0.2, 0) is 4.79 Å². The number of carbonyl (C=O) groups excluding carboxylic acids is 2. The van der Waals surface area contributed by atoms with Gasteiger partial charge in [0.15, 0.2) is 0 Å². The van der Waals surface area contributed by atoms with Crippen LogP contribution in [0.25, 0.3) is 5.69 Å². The van der Waals surface area contributed by atoms with Crippen molar-refractivity contribution in [2.45, 2.75) is 19.9 Å². The molecule has 2 amide bonds. The highest BCUT2D eigenvalue weighted by molar-refractivity contribution is 5.99. The van der Waals surface area contributed by atoms with E-state index in [1.54, 1.807) is 51.4 Å². The molecule has 120 valence electrons. The van der Waals surface area contributed by atoms with Crippen LogP contribution in [-0.4, -0.2) is 62.1 Å². The first-order chi connectivity index (χ1) is 11.1. The van der Waals surface area contributed by atoms with Crippen molar-refractivity contribution >= 4 is 11.8 Å². The van der Waals surface area contributed by atoms with Crippen molar-refractivity contribution in [1.82, 2.24) is 24.6 Å². The third kappa shape index (κ3) is 2.94. The highest BCUT2D eigenvalue weighted by Crippen LogP contribution is 2.17. The predicted molar refractivity (Wildman–Crippen MR) is 84.1 cm³/mol. The first-order valence-corrected chi connectivity index (χ1v) is 7.60. The smallest absolute Gasteiger partial charge is 0.256 e. The lowest BCUT2D eigenvalue weighted by Crippen LogP contribution is -2.54. The molecule has 0 N–H and O–H groups in total. The van der Waals surface area contributed by atoms with Crippen LogP contribution in [0.15, 0.2) is 36.9 Å². The van der Waals surface area contributed by atoms with E-state index in [9.17, 15) is 9.59 Å². The molecular formula is C16H19N5O2. The Hall–Kier alpha value is -2.70. The minimum absolute atomic E-state index is 0.0192. The maximum atomic E-state index is 12.8. The number of amides is 2. The third-order valence-corrected chi connectivity index (χ3v) is 3.95. The first kappa shape index (κ1) is 15.2. The largest absolute Gasteiger partial charge is 0.337 e. The van der Waals surface area contributed by atoms with E-state index in [1.807, 2.05) is 13.8 Å². The van der Waals surface area contributed by atoms with Gasteiger partial charge in [0, 0.05) is 37.7 Å². The molecule has 0 spiro atoms. The van der Waals surface area contributed by atoms with Crippen LogP contribution in [0.5, 0.6) is 0 Å². The second-order valence-corrected chi connectivity index (χ2v) is 5.75. The molecule has 0 aliphatic carbocycles. The summed E-state index contributed by atoms with van der Waals surface area (Å²) in [5, 5.41) is 4.16. The van der Waals surface area contributed by atoms with Crippen LogP contribution in [0, 0.1) is 0 Å². The Morgan fingerprint density at radius 1 is 1.26 bits per heavy atom. The average Bonchev–Trinajstić information content (AvgIpc) is 3.08. The second-order valence-electron chi connectivity index (χ2n) is 5.75. The molecule has 2 aromatic heterocycles. The molecule has 0 saturated carbocycles.